The lowest BCUT2D eigenvalue weighted by atomic mass is 10.0. The average Bonchev–Trinajstić information content (AvgIpc) is 2.93. The second-order valence-electron chi connectivity index (χ2n) is 9.69. The van der Waals surface area contributed by atoms with E-state index in [1.54, 1.807) is 55.5 Å². The van der Waals surface area contributed by atoms with Crippen molar-refractivity contribution in [2.24, 2.45) is 0 Å². The van der Waals surface area contributed by atoms with Crippen molar-refractivity contribution >= 4 is 39.1 Å². The van der Waals surface area contributed by atoms with Gasteiger partial charge in [-0.05, 0) is 66.8 Å². The number of amides is 2. The molecule has 0 fully saturated rings. The Labute approximate surface area is 236 Å². The highest BCUT2D eigenvalue weighted by atomic mass is 35.5. The molecule has 3 aromatic rings. The number of nitrogens with one attached hydrogen (secondary N) is 1. The predicted octanol–water partition coefficient (Wildman–Crippen LogP) is 5.60. The van der Waals surface area contributed by atoms with Gasteiger partial charge in [0.05, 0.1) is 10.6 Å². The van der Waals surface area contributed by atoms with Gasteiger partial charge in [0.15, 0.2) is 0 Å². The molecule has 9 heteroatoms. The average molecular weight is 570 g/mol. The number of carbonyl (C=O) groups is 2. The van der Waals surface area contributed by atoms with Gasteiger partial charge in [0.2, 0.25) is 11.8 Å². The summed E-state index contributed by atoms with van der Waals surface area (Å²) in [6, 6.07) is 21.3. The second kappa shape index (κ2) is 13.6. The number of benzene rings is 3. The van der Waals surface area contributed by atoms with Crippen LogP contribution in [0.5, 0.6) is 0 Å². The van der Waals surface area contributed by atoms with Crippen molar-refractivity contribution in [3.63, 3.8) is 0 Å². The van der Waals surface area contributed by atoms with Crippen molar-refractivity contribution in [2.75, 3.05) is 17.4 Å². The molecule has 7 nitrogen and oxygen atoms in total. The van der Waals surface area contributed by atoms with E-state index < -0.39 is 28.5 Å². The Morgan fingerprint density at radius 1 is 0.923 bits per heavy atom. The van der Waals surface area contributed by atoms with Gasteiger partial charge in [-0.3, -0.25) is 13.9 Å². The Hall–Kier alpha value is -3.36. The largest absolute Gasteiger partial charge is 0.354 e. The van der Waals surface area contributed by atoms with E-state index in [9.17, 15) is 18.0 Å². The zero-order chi connectivity index (χ0) is 28.6. The lowest BCUT2D eigenvalue weighted by Gasteiger charge is -2.32. The first-order valence-corrected chi connectivity index (χ1v) is 14.9. The molecule has 1 N–H and O–H groups in total. The van der Waals surface area contributed by atoms with Crippen molar-refractivity contribution < 1.29 is 18.0 Å². The summed E-state index contributed by atoms with van der Waals surface area (Å²) in [7, 11) is -4.09. The molecule has 2 amide bonds. The number of anilines is 1. The van der Waals surface area contributed by atoms with Crippen molar-refractivity contribution in [2.45, 2.75) is 57.5 Å². The zero-order valence-corrected chi connectivity index (χ0v) is 24.4. The number of nitrogens with zero attached hydrogens (tertiary/aromatic N) is 2. The summed E-state index contributed by atoms with van der Waals surface area (Å²) in [5.74, 6) is -0.567. The maximum Gasteiger partial charge on any atom is 0.264 e. The maximum atomic E-state index is 13.9. The van der Waals surface area contributed by atoms with E-state index in [2.05, 4.69) is 19.2 Å². The van der Waals surface area contributed by atoms with Gasteiger partial charge < -0.3 is 10.2 Å². The highest BCUT2D eigenvalue weighted by molar-refractivity contribution is 7.92. The van der Waals surface area contributed by atoms with Crippen molar-refractivity contribution in [1.29, 1.82) is 0 Å². The number of halogens is 1. The molecule has 0 bridgehead atoms. The minimum Gasteiger partial charge on any atom is -0.354 e. The molecule has 0 radical (unpaired) electrons. The van der Waals surface area contributed by atoms with E-state index in [1.807, 2.05) is 25.1 Å². The first-order valence-electron chi connectivity index (χ1n) is 13.0. The Kier molecular flexibility index (Phi) is 10.5. The molecule has 0 aliphatic rings. The fourth-order valence-electron chi connectivity index (χ4n) is 4.08. The van der Waals surface area contributed by atoms with Crippen LogP contribution in [0.25, 0.3) is 0 Å². The van der Waals surface area contributed by atoms with Crippen LogP contribution in [0, 0.1) is 0 Å². The quantitative estimate of drug-likeness (QED) is 0.307. The second-order valence-corrected chi connectivity index (χ2v) is 12.0. The summed E-state index contributed by atoms with van der Waals surface area (Å²) in [4.78, 5) is 28.3. The molecule has 3 aromatic carbocycles. The molecule has 3 rings (SSSR count). The molecule has 1 unspecified atom stereocenters. The first kappa shape index (κ1) is 30.2. The maximum absolute atomic E-state index is 13.9. The smallest absolute Gasteiger partial charge is 0.264 e. The van der Waals surface area contributed by atoms with Crippen LogP contribution in [-0.4, -0.2) is 44.3 Å². The molecule has 0 spiro atoms. The van der Waals surface area contributed by atoms with Gasteiger partial charge in [-0.2, -0.15) is 0 Å². The molecule has 39 heavy (non-hydrogen) atoms. The van der Waals surface area contributed by atoms with Crippen LogP contribution in [0.3, 0.4) is 0 Å². The number of sulfonamides is 1. The molecule has 0 aromatic heterocycles. The molecule has 0 aliphatic heterocycles. The summed E-state index contributed by atoms with van der Waals surface area (Å²) in [6.45, 7) is 7.76. The van der Waals surface area contributed by atoms with Crippen LogP contribution < -0.4 is 9.62 Å². The van der Waals surface area contributed by atoms with Crippen LogP contribution in [0.2, 0.25) is 5.02 Å². The highest BCUT2D eigenvalue weighted by Gasteiger charge is 2.32. The van der Waals surface area contributed by atoms with Gasteiger partial charge >= 0.3 is 0 Å². The van der Waals surface area contributed by atoms with Crippen LogP contribution in [0.1, 0.15) is 51.2 Å². The predicted molar refractivity (Wildman–Crippen MR) is 156 cm³/mol. The Morgan fingerprint density at radius 2 is 1.59 bits per heavy atom. The summed E-state index contributed by atoms with van der Waals surface area (Å²) in [6.07, 6.45) is 0.746. The van der Waals surface area contributed by atoms with Gasteiger partial charge in [-0.1, -0.05) is 74.8 Å². The van der Waals surface area contributed by atoms with E-state index in [0.29, 0.717) is 17.3 Å². The van der Waals surface area contributed by atoms with Crippen LogP contribution in [0.4, 0.5) is 5.69 Å². The molecule has 0 saturated carbocycles. The molecule has 1 atom stereocenters. The summed E-state index contributed by atoms with van der Waals surface area (Å²) in [5.41, 5.74) is 2.14. The molecule has 0 aliphatic carbocycles. The van der Waals surface area contributed by atoms with Crippen molar-refractivity contribution in [3.05, 3.63) is 95.0 Å². The minimum atomic E-state index is -4.09. The molecule has 208 valence electrons. The van der Waals surface area contributed by atoms with Crippen molar-refractivity contribution in [1.82, 2.24) is 10.2 Å². The number of hydrogen-bond donors (Lipinski definition) is 1. The van der Waals surface area contributed by atoms with Crippen LogP contribution in [-0.2, 0) is 26.2 Å². The van der Waals surface area contributed by atoms with E-state index in [1.165, 1.54) is 17.0 Å². The Balaban J connectivity index is 2.02. The Morgan fingerprint density at radius 3 is 2.18 bits per heavy atom. The number of carbonyl (C=O) groups excluding carboxylic acids is 2. The summed E-state index contributed by atoms with van der Waals surface area (Å²) in [5, 5.41) is 3.33. The monoisotopic (exact) mass is 569 g/mol. The normalized spacial score (nSPS) is 12.2. The van der Waals surface area contributed by atoms with Gasteiger partial charge in [0.25, 0.3) is 10.0 Å². The number of rotatable bonds is 12. The fraction of sp³-hybridized carbons (Fsp3) is 0.333. The van der Waals surface area contributed by atoms with E-state index in [0.717, 1.165) is 21.9 Å². The van der Waals surface area contributed by atoms with Gasteiger partial charge in [-0.15, -0.1) is 0 Å². The van der Waals surface area contributed by atoms with Crippen LogP contribution >= 0.6 is 11.6 Å². The van der Waals surface area contributed by atoms with Gasteiger partial charge in [0, 0.05) is 18.1 Å². The van der Waals surface area contributed by atoms with E-state index >= 15 is 0 Å². The minimum absolute atomic E-state index is 0.0702. The standard InChI is InChI=1S/C30H36ClN3O4S/c1-5-18-32-30(36)23(4)33(20-24-10-9-11-26(31)19-24)29(35)21-34(27-16-14-25(15-17-27)22(2)3)39(37,38)28-12-7-6-8-13-28/h6-17,19,22-23H,5,18,20-21H2,1-4H3,(H,32,36). The van der Waals surface area contributed by atoms with Crippen molar-refractivity contribution in [3.8, 4) is 0 Å². The molecule has 0 saturated heterocycles. The van der Waals surface area contributed by atoms with E-state index in [-0.39, 0.29) is 23.3 Å². The Bertz CT molecular complexity index is 1360. The summed E-state index contributed by atoms with van der Waals surface area (Å²) < 4.78 is 28.7. The van der Waals surface area contributed by atoms with E-state index in [4.69, 9.17) is 11.6 Å². The topological polar surface area (TPSA) is 86.8 Å². The van der Waals surface area contributed by atoms with Gasteiger partial charge in [0.1, 0.15) is 12.6 Å². The fourth-order valence-corrected chi connectivity index (χ4v) is 5.73. The lowest BCUT2D eigenvalue weighted by molar-refractivity contribution is -0.139. The highest BCUT2D eigenvalue weighted by Crippen LogP contribution is 2.26. The first-order chi connectivity index (χ1) is 18.5. The van der Waals surface area contributed by atoms with Gasteiger partial charge in [-0.25, -0.2) is 8.42 Å². The lowest BCUT2D eigenvalue weighted by Crippen LogP contribution is -2.51. The SMILES string of the molecule is CCCNC(=O)C(C)N(Cc1cccc(Cl)c1)C(=O)CN(c1ccc(C(C)C)cc1)S(=O)(=O)c1ccccc1. The third-order valence-corrected chi connectivity index (χ3v) is 8.44. The zero-order valence-electron chi connectivity index (χ0n) is 22.8. The molecule has 0 heterocycles. The summed E-state index contributed by atoms with van der Waals surface area (Å²) >= 11 is 6.18. The third kappa shape index (κ3) is 7.83. The molecular weight excluding hydrogens is 534 g/mol. The number of hydrogen-bond acceptors (Lipinski definition) is 4. The molecular formula is C30H36ClN3O4S. The van der Waals surface area contributed by atoms with Crippen LogP contribution in [0.15, 0.2) is 83.8 Å². The third-order valence-electron chi connectivity index (χ3n) is 6.42.